The van der Waals surface area contributed by atoms with Gasteiger partial charge in [-0.1, -0.05) is 0 Å². The summed E-state index contributed by atoms with van der Waals surface area (Å²) in [5.41, 5.74) is -0.0749. The van der Waals surface area contributed by atoms with Crippen LogP contribution in [0.25, 0.3) is 10.9 Å². The maximum atomic E-state index is 13.8. The van der Waals surface area contributed by atoms with Crippen molar-refractivity contribution in [2.45, 2.75) is 19.6 Å². The zero-order chi connectivity index (χ0) is 17.5. The van der Waals surface area contributed by atoms with Gasteiger partial charge in [-0.2, -0.15) is 13.2 Å². The lowest BCUT2D eigenvalue weighted by Crippen LogP contribution is -2.47. The second-order valence-corrected chi connectivity index (χ2v) is 5.97. The molecule has 1 amide bonds. The van der Waals surface area contributed by atoms with Crippen LogP contribution in [0.2, 0.25) is 0 Å². The third-order valence-electron chi connectivity index (χ3n) is 4.35. The van der Waals surface area contributed by atoms with E-state index >= 15 is 0 Å². The normalized spacial score (nSPS) is 16.8. The van der Waals surface area contributed by atoms with Crippen molar-refractivity contribution in [3.8, 4) is 0 Å². The number of carbonyl (C=O) groups excluding carboxylic acids is 1. The van der Waals surface area contributed by atoms with E-state index in [1.165, 1.54) is 13.0 Å². The summed E-state index contributed by atoms with van der Waals surface area (Å²) in [6.07, 6.45) is -3.66. The maximum Gasteiger partial charge on any atom is 0.418 e. The highest BCUT2D eigenvalue weighted by molar-refractivity contribution is 5.86. The van der Waals surface area contributed by atoms with Crippen LogP contribution in [0.5, 0.6) is 0 Å². The standard InChI is InChI=1S/C16H17F4N3O/c1-10(24)23-4-2-22(3-5-23)9-11-6-12(17)7-13-14(16(18,19)20)8-21-15(11)13/h6-8,21H,2-5,9H2,1H3. The van der Waals surface area contributed by atoms with E-state index in [4.69, 9.17) is 0 Å². The Kier molecular flexibility index (Phi) is 4.25. The monoisotopic (exact) mass is 343 g/mol. The molecule has 0 bridgehead atoms. The minimum absolute atomic E-state index is 0.00184. The molecule has 1 aromatic carbocycles. The van der Waals surface area contributed by atoms with E-state index in [0.717, 1.165) is 12.3 Å². The zero-order valence-corrected chi connectivity index (χ0v) is 13.1. The number of nitrogens with one attached hydrogen (secondary N) is 1. The van der Waals surface area contributed by atoms with Gasteiger partial charge in [-0.3, -0.25) is 9.69 Å². The molecule has 0 saturated carbocycles. The number of amides is 1. The summed E-state index contributed by atoms with van der Waals surface area (Å²) >= 11 is 0. The molecule has 0 radical (unpaired) electrons. The molecule has 8 heteroatoms. The Bertz CT molecular complexity index is 761. The van der Waals surface area contributed by atoms with E-state index < -0.39 is 17.6 Å². The molecule has 2 heterocycles. The molecule has 1 N–H and O–H groups in total. The molecule has 0 spiro atoms. The van der Waals surface area contributed by atoms with Gasteiger partial charge in [0, 0.05) is 51.2 Å². The van der Waals surface area contributed by atoms with E-state index in [1.807, 2.05) is 4.90 Å². The molecular weight excluding hydrogens is 326 g/mol. The van der Waals surface area contributed by atoms with Gasteiger partial charge in [0.15, 0.2) is 0 Å². The van der Waals surface area contributed by atoms with Crippen molar-refractivity contribution in [2.24, 2.45) is 0 Å². The number of H-pyrrole nitrogens is 1. The van der Waals surface area contributed by atoms with Crippen LogP contribution >= 0.6 is 0 Å². The molecule has 1 saturated heterocycles. The van der Waals surface area contributed by atoms with Gasteiger partial charge < -0.3 is 9.88 Å². The number of nitrogens with zero attached hydrogens (tertiary/aromatic N) is 2. The first-order valence-corrected chi connectivity index (χ1v) is 7.60. The van der Waals surface area contributed by atoms with Crippen molar-refractivity contribution >= 4 is 16.8 Å². The summed E-state index contributed by atoms with van der Waals surface area (Å²) in [5.74, 6) is -0.688. The average Bonchev–Trinajstić information content (AvgIpc) is 2.91. The average molecular weight is 343 g/mol. The summed E-state index contributed by atoms with van der Waals surface area (Å²) in [6, 6.07) is 2.17. The van der Waals surface area contributed by atoms with Crippen LogP contribution in [0, 0.1) is 5.82 Å². The van der Waals surface area contributed by atoms with Crippen molar-refractivity contribution in [2.75, 3.05) is 26.2 Å². The highest BCUT2D eigenvalue weighted by Gasteiger charge is 2.34. The van der Waals surface area contributed by atoms with Gasteiger partial charge in [-0.25, -0.2) is 4.39 Å². The summed E-state index contributed by atoms with van der Waals surface area (Å²) < 4.78 is 52.8. The molecule has 2 aromatic rings. The molecular formula is C16H17F4N3O. The number of aromatic nitrogens is 1. The molecule has 1 aliphatic heterocycles. The number of piperazine rings is 1. The highest BCUT2D eigenvalue weighted by atomic mass is 19.4. The van der Waals surface area contributed by atoms with Crippen molar-refractivity contribution in [3.63, 3.8) is 0 Å². The maximum absolute atomic E-state index is 13.8. The summed E-state index contributed by atoms with van der Waals surface area (Å²) in [6.45, 7) is 4.16. The molecule has 1 aliphatic rings. The topological polar surface area (TPSA) is 39.3 Å². The number of benzene rings is 1. The van der Waals surface area contributed by atoms with E-state index in [9.17, 15) is 22.4 Å². The van der Waals surface area contributed by atoms with Crippen LogP contribution in [0.1, 0.15) is 18.1 Å². The first kappa shape index (κ1) is 16.8. The number of hydrogen-bond acceptors (Lipinski definition) is 2. The lowest BCUT2D eigenvalue weighted by atomic mass is 10.1. The lowest BCUT2D eigenvalue weighted by Gasteiger charge is -2.34. The summed E-state index contributed by atoms with van der Waals surface area (Å²) in [5, 5.41) is -0.153. The number of halogens is 4. The fourth-order valence-corrected chi connectivity index (χ4v) is 3.09. The molecule has 0 unspecified atom stereocenters. The van der Waals surface area contributed by atoms with Crippen LogP contribution in [-0.2, 0) is 17.5 Å². The smallest absolute Gasteiger partial charge is 0.360 e. The number of aromatic amines is 1. The van der Waals surface area contributed by atoms with Gasteiger partial charge in [-0.05, 0) is 17.7 Å². The second kappa shape index (κ2) is 6.08. The summed E-state index contributed by atoms with van der Waals surface area (Å²) in [7, 11) is 0. The Morgan fingerprint density at radius 2 is 1.88 bits per heavy atom. The van der Waals surface area contributed by atoms with Crippen molar-refractivity contribution in [1.29, 1.82) is 0 Å². The van der Waals surface area contributed by atoms with Gasteiger partial charge in [-0.15, -0.1) is 0 Å². The third kappa shape index (κ3) is 3.24. The van der Waals surface area contributed by atoms with E-state index in [0.29, 0.717) is 43.8 Å². The Hall–Kier alpha value is -2.09. The second-order valence-electron chi connectivity index (χ2n) is 5.97. The van der Waals surface area contributed by atoms with Crippen LogP contribution in [-0.4, -0.2) is 46.9 Å². The SMILES string of the molecule is CC(=O)N1CCN(Cc2cc(F)cc3c(C(F)(F)F)c[nH]c23)CC1. The quantitative estimate of drug-likeness (QED) is 0.852. The van der Waals surface area contributed by atoms with Gasteiger partial charge in [0.05, 0.1) is 11.1 Å². The number of alkyl halides is 3. The van der Waals surface area contributed by atoms with Crippen LogP contribution < -0.4 is 0 Å². The Balaban J connectivity index is 1.85. The van der Waals surface area contributed by atoms with Crippen molar-refractivity contribution in [3.05, 3.63) is 35.3 Å². The van der Waals surface area contributed by atoms with Crippen molar-refractivity contribution < 1.29 is 22.4 Å². The fourth-order valence-electron chi connectivity index (χ4n) is 3.09. The third-order valence-corrected chi connectivity index (χ3v) is 4.35. The first-order chi connectivity index (χ1) is 11.3. The Morgan fingerprint density at radius 3 is 2.46 bits per heavy atom. The zero-order valence-electron chi connectivity index (χ0n) is 13.1. The fraction of sp³-hybridized carbons (Fsp3) is 0.438. The largest absolute Gasteiger partial charge is 0.418 e. The summed E-state index contributed by atoms with van der Waals surface area (Å²) in [4.78, 5) is 17.7. The van der Waals surface area contributed by atoms with Gasteiger partial charge in [0.25, 0.3) is 0 Å². The predicted molar refractivity (Wildman–Crippen MR) is 80.8 cm³/mol. The van der Waals surface area contributed by atoms with Gasteiger partial charge >= 0.3 is 6.18 Å². The van der Waals surface area contributed by atoms with E-state index in [-0.39, 0.29) is 11.3 Å². The van der Waals surface area contributed by atoms with E-state index in [1.54, 1.807) is 4.90 Å². The predicted octanol–water partition coefficient (Wildman–Crippen LogP) is 2.99. The van der Waals surface area contributed by atoms with E-state index in [2.05, 4.69) is 4.98 Å². The molecule has 0 atom stereocenters. The molecule has 130 valence electrons. The van der Waals surface area contributed by atoms with Crippen LogP contribution in [0.4, 0.5) is 17.6 Å². The molecule has 4 nitrogen and oxygen atoms in total. The van der Waals surface area contributed by atoms with Crippen molar-refractivity contribution in [1.82, 2.24) is 14.8 Å². The Morgan fingerprint density at radius 1 is 1.21 bits per heavy atom. The number of carbonyl (C=O) groups is 1. The minimum Gasteiger partial charge on any atom is -0.360 e. The number of rotatable bonds is 2. The van der Waals surface area contributed by atoms with Crippen LogP contribution in [0.15, 0.2) is 18.3 Å². The first-order valence-electron chi connectivity index (χ1n) is 7.60. The Labute approximate surface area is 136 Å². The van der Waals surface area contributed by atoms with Crippen LogP contribution in [0.3, 0.4) is 0 Å². The number of fused-ring (bicyclic) bond motifs is 1. The molecule has 1 aromatic heterocycles. The lowest BCUT2D eigenvalue weighted by molar-refractivity contribution is -0.136. The molecule has 0 aliphatic carbocycles. The van der Waals surface area contributed by atoms with Gasteiger partial charge in [0.2, 0.25) is 5.91 Å². The number of hydrogen-bond donors (Lipinski definition) is 1. The van der Waals surface area contributed by atoms with Gasteiger partial charge in [0.1, 0.15) is 5.82 Å². The molecule has 24 heavy (non-hydrogen) atoms. The molecule has 3 rings (SSSR count). The minimum atomic E-state index is -4.53. The highest BCUT2D eigenvalue weighted by Crippen LogP contribution is 2.36. The molecule has 1 fully saturated rings.